The number of thiophene rings is 1. The Morgan fingerprint density at radius 1 is 1.57 bits per heavy atom. The van der Waals surface area contributed by atoms with Crippen molar-refractivity contribution >= 4 is 17.2 Å². The average Bonchev–Trinajstić information content (AvgIpc) is 2.69. The summed E-state index contributed by atoms with van der Waals surface area (Å²) < 4.78 is 4.92. The predicted molar refractivity (Wildman–Crippen MR) is 57.3 cm³/mol. The van der Waals surface area contributed by atoms with E-state index in [-0.39, 0.29) is 11.9 Å². The fourth-order valence-corrected chi connectivity index (χ4v) is 1.78. The van der Waals surface area contributed by atoms with Crippen LogP contribution >= 0.6 is 11.3 Å². The van der Waals surface area contributed by atoms with Gasteiger partial charge in [0.05, 0.1) is 6.04 Å². The van der Waals surface area contributed by atoms with Crippen molar-refractivity contribution in [1.82, 2.24) is 5.32 Å². The zero-order valence-corrected chi connectivity index (χ0v) is 9.43. The Kier molecular flexibility index (Phi) is 4.10. The maximum atomic E-state index is 11.4. The third kappa shape index (κ3) is 2.82. The van der Waals surface area contributed by atoms with Crippen molar-refractivity contribution in [3.63, 3.8) is 0 Å². The van der Waals surface area contributed by atoms with Gasteiger partial charge in [0.2, 0.25) is 5.91 Å². The summed E-state index contributed by atoms with van der Waals surface area (Å²) in [6.07, 6.45) is -0.391. The molecule has 0 bridgehead atoms. The Morgan fingerprint density at radius 2 is 2.29 bits per heavy atom. The molecule has 0 aliphatic carbocycles. The van der Waals surface area contributed by atoms with Crippen molar-refractivity contribution < 1.29 is 9.53 Å². The fraction of sp³-hybridized carbons (Fsp3) is 0.500. The minimum atomic E-state index is -0.391. The molecule has 1 heterocycles. The van der Waals surface area contributed by atoms with E-state index in [1.54, 1.807) is 18.3 Å². The zero-order chi connectivity index (χ0) is 10.6. The van der Waals surface area contributed by atoms with Crippen LogP contribution < -0.4 is 5.32 Å². The fourth-order valence-electron chi connectivity index (χ4n) is 1.05. The van der Waals surface area contributed by atoms with Gasteiger partial charge in [0.1, 0.15) is 6.10 Å². The Balaban J connectivity index is 2.49. The lowest BCUT2D eigenvalue weighted by Gasteiger charge is -2.15. The molecule has 1 amide bonds. The van der Waals surface area contributed by atoms with Crippen molar-refractivity contribution in [1.29, 1.82) is 0 Å². The number of hydrogen-bond acceptors (Lipinski definition) is 3. The van der Waals surface area contributed by atoms with E-state index < -0.39 is 6.10 Å². The highest BCUT2D eigenvalue weighted by molar-refractivity contribution is 7.10. The van der Waals surface area contributed by atoms with Gasteiger partial charge in [-0.05, 0) is 25.3 Å². The van der Waals surface area contributed by atoms with Gasteiger partial charge >= 0.3 is 0 Å². The van der Waals surface area contributed by atoms with Gasteiger partial charge in [0, 0.05) is 12.0 Å². The first-order valence-corrected chi connectivity index (χ1v) is 5.39. The second-order valence-corrected chi connectivity index (χ2v) is 4.10. The van der Waals surface area contributed by atoms with Gasteiger partial charge in [0.25, 0.3) is 0 Å². The SMILES string of the molecule is COC(C)C(=O)N[C@@H](C)c1cccs1. The Morgan fingerprint density at radius 3 is 2.79 bits per heavy atom. The standard InChI is InChI=1S/C10H15NO2S/c1-7(9-5-4-6-14-9)11-10(12)8(2)13-3/h4-8H,1-3H3,(H,11,12)/t7-,8?/m0/s1. The molecular formula is C10H15NO2S. The van der Waals surface area contributed by atoms with Gasteiger partial charge in [-0.1, -0.05) is 6.07 Å². The minimum absolute atomic E-state index is 0.0556. The van der Waals surface area contributed by atoms with Crippen LogP contribution in [0, 0.1) is 0 Å². The minimum Gasteiger partial charge on any atom is -0.372 e. The number of carbonyl (C=O) groups is 1. The Labute approximate surface area is 88.1 Å². The van der Waals surface area contributed by atoms with Gasteiger partial charge < -0.3 is 10.1 Å². The lowest BCUT2D eigenvalue weighted by molar-refractivity contribution is -0.130. The van der Waals surface area contributed by atoms with Crippen molar-refractivity contribution in [2.75, 3.05) is 7.11 Å². The van der Waals surface area contributed by atoms with Gasteiger partial charge in [-0.3, -0.25) is 4.79 Å². The third-order valence-electron chi connectivity index (χ3n) is 2.05. The van der Waals surface area contributed by atoms with Gasteiger partial charge in [-0.2, -0.15) is 0 Å². The Hall–Kier alpha value is -0.870. The second kappa shape index (κ2) is 5.12. The summed E-state index contributed by atoms with van der Waals surface area (Å²) in [7, 11) is 1.53. The first-order valence-electron chi connectivity index (χ1n) is 4.51. The maximum Gasteiger partial charge on any atom is 0.249 e. The highest BCUT2D eigenvalue weighted by Gasteiger charge is 2.15. The number of nitrogens with one attached hydrogen (secondary N) is 1. The smallest absolute Gasteiger partial charge is 0.249 e. The van der Waals surface area contributed by atoms with E-state index in [0.29, 0.717) is 0 Å². The van der Waals surface area contributed by atoms with E-state index in [4.69, 9.17) is 4.74 Å². The molecule has 0 saturated carbocycles. The van der Waals surface area contributed by atoms with Gasteiger partial charge in [-0.15, -0.1) is 11.3 Å². The van der Waals surface area contributed by atoms with Crippen LogP contribution in [0.4, 0.5) is 0 Å². The van der Waals surface area contributed by atoms with E-state index in [2.05, 4.69) is 5.32 Å². The van der Waals surface area contributed by atoms with E-state index in [0.717, 1.165) is 4.88 Å². The predicted octanol–water partition coefficient (Wildman–Crippen LogP) is 1.96. The maximum absolute atomic E-state index is 11.4. The number of hydrogen-bond donors (Lipinski definition) is 1. The summed E-state index contributed by atoms with van der Waals surface area (Å²) in [4.78, 5) is 12.6. The summed E-state index contributed by atoms with van der Waals surface area (Å²) in [5, 5.41) is 4.88. The summed E-state index contributed by atoms with van der Waals surface area (Å²) in [6, 6.07) is 4.04. The molecule has 0 aliphatic rings. The van der Waals surface area contributed by atoms with Crippen LogP contribution in [0.1, 0.15) is 24.8 Å². The molecule has 3 nitrogen and oxygen atoms in total. The summed E-state index contributed by atoms with van der Waals surface area (Å²) >= 11 is 1.64. The number of carbonyl (C=O) groups excluding carboxylic acids is 1. The highest BCUT2D eigenvalue weighted by atomic mass is 32.1. The van der Waals surface area contributed by atoms with E-state index in [1.807, 2.05) is 24.4 Å². The topological polar surface area (TPSA) is 38.3 Å². The quantitative estimate of drug-likeness (QED) is 0.830. The lowest BCUT2D eigenvalue weighted by Crippen LogP contribution is -2.35. The molecule has 0 spiro atoms. The summed E-state index contributed by atoms with van der Waals surface area (Å²) in [5.74, 6) is -0.0756. The van der Waals surface area contributed by atoms with Crippen LogP contribution in [0.15, 0.2) is 17.5 Å². The van der Waals surface area contributed by atoms with E-state index >= 15 is 0 Å². The molecule has 1 rings (SSSR count). The molecule has 1 aromatic rings. The third-order valence-corrected chi connectivity index (χ3v) is 3.11. The summed E-state index contributed by atoms with van der Waals surface area (Å²) in [6.45, 7) is 3.70. The molecule has 0 aromatic carbocycles. The van der Waals surface area contributed by atoms with Crippen LogP contribution in [0.25, 0.3) is 0 Å². The molecule has 0 fully saturated rings. The molecular weight excluding hydrogens is 198 g/mol. The van der Waals surface area contributed by atoms with Crippen LogP contribution in [0.3, 0.4) is 0 Å². The molecule has 0 aliphatic heterocycles. The number of methoxy groups -OCH3 is 1. The molecule has 4 heteroatoms. The largest absolute Gasteiger partial charge is 0.372 e. The van der Waals surface area contributed by atoms with Gasteiger partial charge in [-0.25, -0.2) is 0 Å². The second-order valence-electron chi connectivity index (χ2n) is 3.12. The molecule has 0 radical (unpaired) electrons. The number of rotatable bonds is 4. The number of amides is 1. The molecule has 78 valence electrons. The van der Waals surface area contributed by atoms with Crippen LogP contribution in [-0.4, -0.2) is 19.1 Å². The van der Waals surface area contributed by atoms with E-state index in [9.17, 15) is 4.79 Å². The van der Waals surface area contributed by atoms with Crippen molar-refractivity contribution in [3.05, 3.63) is 22.4 Å². The zero-order valence-electron chi connectivity index (χ0n) is 8.61. The van der Waals surface area contributed by atoms with Crippen LogP contribution in [0.5, 0.6) is 0 Å². The highest BCUT2D eigenvalue weighted by Crippen LogP contribution is 2.18. The average molecular weight is 213 g/mol. The van der Waals surface area contributed by atoms with E-state index in [1.165, 1.54) is 7.11 Å². The molecule has 1 aromatic heterocycles. The van der Waals surface area contributed by atoms with Crippen molar-refractivity contribution in [2.24, 2.45) is 0 Å². The monoisotopic (exact) mass is 213 g/mol. The van der Waals surface area contributed by atoms with Crippen LogP contribution in [-0.2, 0) is 9.53 Å². The first kappa shape index (κ1) is 11.2. The molecule has 1 N–H and O–H groups in total. The van der Waals surface area contributed by atoms with Crippen molar-refractivity contribution in [2.45, 2.75) is 26.0 Å². The van der Waals surface area contributed by atoms with Gasteiger partial charge in [0.15, 0.2) is 0 Å². The first-order chi connectivity index (χ1) is 6.65. The van der Waals surface area contributed by atoms with Crippen LogP contribution in [0.2, 0.25) is 0 Å². The molecule has 2 atom stereocenters. The molecule has 1 unspecified atom stereocenters. The number of ether oxygens (including phenoxy) is 1. The Bertz CT molecular complexity index is 284. The molecule has 0 saturated heterocycles. The van der Waals surface area contributed by atoms with Crippen molar-refractivity contribution in [3.8, 4) is 0 Å². The molecule has 14 heavy (non-hydrogen) atoms. The summed E-state index contributed by atoms with van der Waals surface area (Å²) in [5.41, 5.74) is 0. The normalized spacial score (nSPS) is 14.8. The lowest BCUT2D eigenvalue weighted by atomic mass is 10.2.